The molecule has 1 aliphatic rings. The van der Waals surface area contributed by atoms with E-state index in [2.05, 4.69) is 34.1 Å². The number of likely N-dealkylation sites (N-methyl/N-ethyl adjacent to an activating group) is 1. The molecule has 1 saturated heterocycles. The van der Waals surface area contributed by atoms with Crippen molar-refractivity contribution < 1.29 is 4.79 Å². The third kappa shape index (κ3) is 2.46. The van der Waals surface area contributed by atoms with Crippen LogP contribution in [-0.2, 0) is 0 Å². The normalized spacial score (nSPS) is 21.8. The Morgan fingerprint density at radius 3 is 2.88 bits per heavy atom. The number of aryl methyl sites for hydroxylation is 1. The van der Waals surface area contributed by atoms with Crippen molar-refractivity contribution in [2.75, 3.05) is 26.7 Å². The molecule has 1 amide bonds. The summed E-state index contributed by atoms with van der Waals surface area (Å²) >= 11 is 0. The van der Waals surface area contributed by atoms with Crippen molar-refractivity contribution in [1.82, 2.24) is 25.0 Å². The number of amides is 1. The van der Waals surface area contributed by atoms with Gasteiger partial charge in [-0.1, -0.05) is 6.92 Å². The van der Waals surface area contributed by atoms with E-state index in [-0.39, 0.29) is 11.7 Å². The zero-order valence-electron chi connectivity index (χ0n) is 10.6. The van der Waals surface area contributed by atoms with Gasteiger partial charge in [0.1, 0.15) is 5.82 Å². The third-order valence-electron chi connectivity index (χ3n) is 3.32. The first-order chi connectivity index (χ1) is 8.11. The van der Waals surface area contributed by atoms with Crippen molar-refractivity contribution in [1.29, 1.82) is 0 Å². The van der Waals surface area contributed by atoms with Crippen LogP contribution in [-0.4, -0.2) is 63.6 Å². The van der Waals surface area contributed by atoms with Crippen LogP contribution < -0.4 is 0 Å². The topological polar surface area (TPSA) is 65.1 Å². The fraction of sp³-hybridized carbons (Fsp3) is 0.727. The second-order valence-corrected chi connectivity index (χ2v) is 4.54. The molecule has 1 unspecified atom stereocenters. The van der Waals surface area contributed by atoms with Crippen molar-refractivity contribution in [2.45, 2.75) is 26.3 Å². The van der Waals surface area contributed by atoms with Crippen molar-refractivity contribution in [3.05, 3.63) is 11.6 Å². The molecular formula is C11H19N5O. The second kappa shape index (κ2) is 4.83. The monoisotopic (exact) mass is 237 g/mol. The van der Waals surface area contributed by atoms with E-state index < -0.39 is 0 Å². The van der Waals surface area contributed by atoms with Gasteiger partial charge in [-0.15, -0.1) is 5.10 Å². The number of nitrogens with zero attached hydrogens (tertiary/aromatic N) is 4. The summed E-state index contributed by atoms with van der Waals surface area (Å²) in [4.78, 5) is 20.4. The molecule has 6 heteroatoms. The van der Waals surface area contributed by atoms with Crippen molar-refractivity contribution >= 4 is 5.91 Å². The standard InChI is InChI=1S/C11H19N5O/c1-4-9-7-16(6-5-15(9)3)11(17)10-12-8(2)13-14-10/h9H,4-7H2,1-3H3,(H,12,13,14). The molecule has 1 aromatic rings. The summed E-state index contributed by atoms with van der Waals surface area (Å²) in [6, 6.07) is 0.438. The van der Waals surface area contributed by atoms with E-state index in [1.165, 1.54) is 0 Å². The fourth-order valence-electron chi connectivity index (χ4n) is 2.15. The maximum atomic E-state index is 12.1. The largest absolute Gasteiger partial charge is 0.333 e. The Morgan fingerprint density at radius 2 is 2.29 bits per heavy atom. The Labute approximate surface area is 101 Å². The first-order valence-corrected chi connectivity index (χ1v) is 6.00. The summed E-state index contributed by atoms with van der Waals surface area (Å²) in [6.45, 7) is 6.36. The van der Waals surface area contributed by atoms with Gasteiger partial charge in [0.15, 0.2) is 0 Å². The smallest absolute Gasteiger partial charge is 0.293 e. The Hall–Kier alpha value is -1.43. The summed E-state index contributed by atoms with van der Waals surface area (Å²) < 4.78 is 0. The maximum Gasteiger partial charge on any atom is 0.293 e. The average Bonchev–Trinajstić information content (AvgIpc) is 2.75. The number of aromatic amines is 1. The lowest BCUT2D eigenvalue weighted by atomic mass is 10.1. The third-order valence-corrected chi connectivity index (χ3v) is 3.32. The highest BCUT2D eigenvalue weighted by Gasteiger charge is 2.28. The number of nitrogens with one attached hydrogen (secondary N) is 1. The van der Waals surface area contributed by atoms with Crippen LogP contribution in [0.4, 0.5) is 0 Å². The lowest BCUT2D eigenvalue weighted by Gasteiger charge is -2.38. The molecule has 1 atom stereocenters. The van der Waals surface area contributed by atoms with Crippen molar-refractivity contribution in [2.24, 2.45) is 0 Å². The molecule has 6 nitrogen and oxygen atoms in total. The quantitative estimate of drug-likeness (QED) is 0.802. The van der Waals surface area contributed by atoms with Gasteiger partial charge in [0.25, 0.3) is 5.91 Å². The Bertz CT molecular complexity index is 402. The van der Waals surface area contributed by atoms with Crippen LogP contribution in [0.3, 0.4) is 0 Å². The molecule has 0 radical (unpaired) electrons. The lowest BCUT2D eigenvalue weighted by Crippen LogP contribution is -2.53. The average molecular weight is 237 g/mol. The first kappa shape index (κ1) is 12.0. The van der Waals surface area contributed by atoms with E-state index in [9.17, 15) is 4.79 Å². The number of hydrogen-bond donors (Lipinski definition) is 1. The Morgan fingerprint density at radius 1 is 1.53 bits per heavy atom. The van der Waals surface area contributed by atoms with Crippen LogP contribution in [0.15, 0.2) is 0 Å². The van der Waals surface area contributed by atoms with Gasteiger partial charge in [-0.2, -0.15) is 0 Å². The number of hydrogen-bond acceptors (Lipinski definition) is 4. The molecule has 2 heterocycles. The van der Waals surface area contributed by atoms with Crippen molar-refractivity contribution in [3.63, 3.8) is 0 Å². The predicted molar refractivity (Wildman–Crippen MR) is 63.7 cm³/mol. The SMILES string of the molecule is CCC1CN(C(=O)c2n[nH]c(C)n2)CCN1C. The molecule has 1 aromatic heterocycles. The Balaban J connectivity index is 2.05. The number of carbonyl (C=O) groups is 1. The zero-order valence-corrected chi connectivity index (χ0v) is 10.6. The molecule has 0 aliphatic carbocycles. The molecule has 0 saturated carbocycles. The highest BCUT2D eigenvalue weighted by molar-refractivity contribution is 5.90. The highest BCUT2D eigenvalue weighted by Crippen LogP contribution is 2.12. The van der Waals surface area contributed by atoms with Gasteiger partial charge in [0.2, 0.25) is 5.82 Å². The molecule has 1 N–H and O–H groups in total. The predicted octanol–water partition coefficient (Wildman–Crippen LogP) is 0.279. The van der Waals surface area contributed by atoms with E-state index in [0.29, 0.717) is 11.9 Å². The minimum Gasteiger partial charge on any atom is -0.333 e. The molecule has 94 valence electrons. The fourth-order valence-corrected chi connectivity index (χ4v) is 2.15. The Kier molecular flexibility index (Phi) is 3.42. The van der Waals surface area contributed by atoms with Crippen LogP contribution >= 0.6 is 0 Å². The van der Waals surface area contributed by atoms with E-state index in [1.807, 2.05) is 4.90 Å². The van der Waals surface area contributed by atoms with E-state index >= 15 is 0 Å². The molecule has 0 aromatic carbocycles. The number of rotatable bonds is 2. The minimum absolute atomic E-state index is 0.0686. The van der Waals surface area contributed by atoms with Crippen LogP contribution in [0.25, 0.3) is 0 Å². The van der Waals surface area contributed by atoms with E-state index in [0.717, 1.165) is 26.1 Å². The highest BCUT2D eigenvalue weighted by atomic mass is 16.2. The summed E-state index contributed by atoms with van der Waals surface area (Å²) in [5, 5.41) is 6.62. The zero-order chi connectivity index (χ0) is 12.4. The van der Waals surface area contributed by atoms with Gasteiger partial charge in [-0.05, 0) is 20.4 Å². The first-order valence-electron chi connectivity index (χ1n) is 6.00. The molecule has 2 rings (SSSR count). The van der Waals surface area contributed by atoms with Crippen molar-refractivity contribution in [3.8, 4) is 0 Å². The van der Waals surface area contributed by atoms with Gasteiger partial charge in [-0.3, -0.25) is 14.8 Å². The van der Waals surface area contributed by atoms with Crippen LogP contribution in [0.5, 0.6) is 0 Å². The summed E-state index contributed by atoms with van der Waals surface area (Å²) in [7, 11) is 2.10. The van der Waals surface area contributed by atoms with Gasteiger partial charge in [-0.25, -0.2) is 4.98 Å². The molecule has 0 bridgehead atoms. The molecule has 1 fully saturated rings. The van der Waals surface area contributed by atoms with Crippen LogP contribution in [0.1, 0.15) is 29.8 Å². The summed E-state index contributed by atoms with van der Waals surface area (Å²) in [5.41, 5.74) is 0. The summed E-state index contributed by atoms with van der Waals surface area (Å²) in [6.07, 6.45) is 1.05. The van der Waals surface area contributed by atoms with Gasteiger partial charge >= 0.3 is 0 Å². The van der Waals surface area contributed by atoms with E-state index in [4.69, 9.17) is 0 Å². The molecular weight excluding hydrogens is 218 g/mol. The van der Waals surface area contributed by atoms with Gasteiger partial charge in [0.05, 0.1) is 0 Å². The maximum absolute atomic E-state index is 12.1. The van der Waals surface area contributed by atoms with E-state index in [1.54, 1.807) is 6.92 Å². The van der Waals surface area contributed by atoms with Gasteiger partial charge < -0.3 is 4.90 Å². The molecule has 0 spiro atoms. The lowest BCUT2D eigenvalue weighted by molar-refractivity contribution is 0.0531. The van der Waals surface area contributed by atoms with Crippen LogP contribution in [0, 0.1) is 6.92 Å². The molecule has 1 aliphatic heterocycles. The number of carbonyl (C=O) groups excluding carboxylic acids is 1. The van der Waals surface area contributed by atoms with Gasteiger partial charge in [0, 0.05) is 25.7 Å². The number of H-pyrrole nitrogens is 1. The second-order valence-electron chi connectivity index (χ2n) is 4.54. The summed E-state index contributed by atoms with van der Waals surface area (Å²) in [5.74, 6) is 0.886. The van der Waals surface area contributed by atoms with Crippen LogP contribution in [0.2, 0.25) is 0 Å². The number of aromatic nitrogens is 3. The number of piperazine rings is 1. The molecule has 17 heavy (non-hydrogen) atoms. The minimum atomic E-state index is -0.0686.